The maximum Gasteiger partial charge on any atom is 0.132 e. The molecule has 0 aromatic rings. The molecule has 2 heteroatoms. The Balaban J connectivity index is 2.59. The highest BCUT2D eigenvalue weighted by Crippen LogP contribution is 2.15. The zero-order chi connectivity index (χ0) is 6.15. The molecule has 1 aliphatic heterocycles. The lowest BCUT2D eigenvalue weighted by Crippen LogP contribution is -2.13. The summed E-state index contributed by atoms with van der Waals surface area (Å²) in [4.78, 5) is 4.97. The third-order valence-electron chi connectivity index (χ3n) is 1.73. The lowest BCUT2D eigenvalue weighted by atomic mass is 10.0. The summed E-state index contributed by atoms with van der Waals surface area (Å²) >= 11 is 0. The second-order valence-corrected chi connectivity index (χ2v) is 2.33. The van der Waals surface area contributed by atoms with Gasteiger partial charge in [-0.1, -0.05) is 12.1 Å². The van der Waals surface area contributed by atoms with E-state index in [1.165, 1.54) is 0 Å². The van der Waals surface area contributed by atoms with Gasteiger partial charge in [-0.2, -0.15) is 0 Å². The smallest absolute Gasteiger partial charge is 0.132 e. The van der Waals surface area contributed by atoms with Crippen LogP contribution in [0.2, 0.25) is 0 Å². The van der Waals surface area contributed by atoms with Crippen molar-refractivity contribution in [3.05, 3.63) is 0 Å². The molecule has 1 heterocycles. The van der Waals surface area contributed by atoms with Gasteiger partial charge in [0.15, 0.2) is 0 Å². The van der Waals surface area contributed by atoms with Crippen molar-refractivity contribution in [1.82, 2.24) is 0 Å². The number of oxime groups is 1. The molecule has 0 spiro atoms. The normalized spacial score (nSPS) is 36.6. The van der Waals surface area contributed by atoms with Crippen molar-refractivity contribution >= 4 is 5.71 Å². The number of hydrogen-bond donors (Lipinski definition) is 0. The van der Waals surface area contributed by atoms with E-state index in [0.29, 0.717) is 5.92 Å². The van der Waals surface area contributed by atoms with Crippen molar-refractivity contribution in [2.45, 2.75) is 26.9 Å². The fraction of sp³-hybridized carbons (Fsp3) is 0.833. The van der Waals surface area contributed by atoms with E-state index in [1.54, 1.807) is 0 Å². The first-order valence-electron chi connectivity index (χ1n) is 2.92. The van der Waals surface area contributed by atoms with Crippen LogP contribution in [-0.2, 0) is 4.84 Å². The zero-order valence-electron chi connectivity index (χ0n) is 5.51. The van der Waals surface area contributed by atoms with Gasteiger partial charge in [0.2, 0.25) is 0 Å². The third-order valence-corrected chi connectivity index (χ3v) is 1.73. The van der Waals surface area contributed by atoms with Gasteiger partial charge in [0, 0.05) is 5.92 Å². The molecule has 0 aliphatic carbocycles. The van der Waals surface area contributed by atoms with Crippen molar-refractivity contribution in [3.8, 4) is 0 Å². The molecule has 0 saturated carbocycles. The van der Waals surface area contributed by atoms with Crippen molar-refractivity contribution < 1.29 is 4.84 Å². The SMILES string of the molecule is CC1=NO[C@H](C)[C@@H]1C. The predicted molar refractivity (Wildman–Crippen MR) is 32.8 cm³/mol. The van der Waals surface area contributed by atoms with E-state index >= 15 is 0 Å². The van der Waals surface area contributed by atoms with E-state index < -0.39 is 0 Å². The minimum Gasteiger partial charge on any atom is -0.392 e. The van der Waals surface area contributed by atoms with Crippen LogP contribution in [0, 0.1) is 5.92 Å². The largest absolute Gasteiger partial charge is 0.392 e. The minimum absolute atomic E-state index is 0.287. The summed E-state index contributed by atoms with van der Waals surface area (Å²) in [5.41, 5.74) is 1.11. The van der Waals surface area contributed by atoms with Gasteiger partial charge in [0.25, 0.3) is 0 Å². The van der Waals surface area contributed by atoms with Crippen LogP contribution in [0.15, 0.2) is 5.16 Å². The van der Waals surface area contributed by atoms with Crippen LogP contribution in [0.3, 0.4) is 0 Å². The minimum atomic E-state index is 0.287. The Labute approximate surface area is 49.5 Å². The van der Waals surface area contributed by atoms with Crippen molar-refractivity contribution in [2.75, 3.05) is 0 Å². The number of hydrogen-bond acceptors (Lipinski definition) is 2. The molecule has 2 nitrogen and oxygen atoms in total. The predicted octanol–water partition coefficient (Wildman–Crippen LogP) is 1.42. The molecule has 1 rings (SSSR count). The molecular weight excluding hydrogens is 102 g/mol. The molecule has 0 saturated heterocycles. The van der Waals surface area contributed by atoms with Gasteiger partial charge < -0.3 is 4.84 Å². The molecule has 0 aromatic carbocycles. The van der Waals surface area contributed by atoms with Gasteiger partial charge in [0.1, 0.15) is 6.10 Å². The van der Waals surface area contributed by atoms with Crippen LogP contribution in [-0.4, -0.2) is 11.8 Å². The molecule has 0 amide bonds. The van der Waals surface area contributed by atoms with Gasteiger partial charge in [-0.3, -0.25) is 0 Å². The molecule has 46 valence electrons. The molecular formula is C6H11NO. The van der Waals surface area contributed by atoms with E-state index in [4.69, 9.17) is 4.84 Å². The van der Waals surface area contributed by atoms with Crippen LogP contribution >= 0.6 is 0 Å². The maximum atomic E-state index is 4.97. The molecule has 0 aromatic heterocycles. The van der Waals surface area contributed by atoms with E-state index in [-0.39, 0.29) is 6.10 Å². The van der Waals surface area contributed by atoms with Gasteiger partial charge in [0.05, 0.1) is 5.71 Å². The molecule has 2 atom stereocenters. The Morgan fingerprint density at radius 2 is 2.12 bits per heavy atom. The summed E-state index contributed by atoms with van der Waals surface area (Å²) in [6.45, 7) is 6.15. The monoisotopic (exact) mass is 113 g/mol. The first kappa shape index (κ1) is 5.60. The first-order valence-corrected chi connectivity index (χ1v) is 2.92. The van der Waals surface area contributed by atoms with Gasteiger partial charge >= 0.3 is 0 Å². The van der Waals surface area contributed by atoms with Crippen molar-refractivity contribution in [1.29, 1.82) is 0 Å². The van der Waals surface area contributed by atoms with Crippen molar-refractivity contribution in [3.63, 3.8) is 0 Å². The molecule has 0 unspecified atom stereocenters. The Bertz CT molecular complexity index is 120. The fourth-order valence-corrected chi connectivity index (χ4v) is 0.680. The van der Waals surface area contributed by atoms with Crippen LogP contribution < -0.4 is 0 Å². The molecule has 0 bridgehead atoms. The summed E-state index contributed by atoms with van der Waals surface area (Å²) in [5.74, 6) is 0.509. The Kier molecular flexibility index (Phi) is 1.24. The summed E-state index contributed by atoms with van der Waals surface area (Å²) in [5, 5.41) is 3.81. The van der Waals surface area contributed by atoms with Crippen LogP contribution in [0.1, 0.15) is 20.8 Å². The van der Waals surface area contributed by atoms with E-state index in [9.17, 15) is 0 Å². The highest BCUT2D eigenvalue weighted by Gasteiger charge is 2.22. The second kappa shape index (κ2) is 1.77. The van der Waals surface area contributed by atoms with Crippen molar-refractivity contribution in [2.24, 2.45) is 11.1 Å². The standard InChI is InChI=1S/C6H11NO/c1-4-5(2)7-8-6(4)3/h4,6H,1-3H3/t4-,6-/m1/s1. The second-order valence-electron chi connectivity index (χ2n) is 2.33. The third kappa shape index (κ3) is 0.703. The quantitative estimate of drug-likeness (QED) is 0.465. The summed E-state index contributed by atoms with van der Waals surface area (Å²) < 4.78 is 0. The molecule has 0 fully saturated rings. The van der Waals surface area contributed by atoms with E-state index in [2.05, 4.69) is 12.1 Å². The lowest BCUT2D eigenvalue weighted by molar-refractivity contribution is 0.0799. The Morgan fingerprint density at radius 3 is 2.25 bits per heavy atom. The maximum absolute atomic E-state index is 4.97. The highest BCUT2D eigenvalue weighted by atomic mass is 16.6. The summed E-state index contributed by atoms with van der Waals surface area (Å²) in [6.07, 6.45) is 0.287. The topological polar surface area (TPSA) is 21.6 Å². The number of rotatable bonds is 0. The van der Waals surface area contributed by atoms with Crippen LogP contribution in [0.4, 0.5) is 0 Å². The summed E-state index contributed by atoms with van der Waals surface area (Å²) in [6, 6.07) is 0. The first-order chi connectivity index (χ1) is 3.72. The van der Waals surface area contributed by atoms with Crippen LogP contribution in [0.5, 0.6) is 0 Å². The fourth-order valence-electron chi connectivity index (χ4n) is 0.680. The lowest BCUT2D eigenvalue weighted by Gasteiger charge is -2.04. The molecule has 0 radical (unpaired) electrons. The van der Waals surface area contributed by atoms with E-state index in [0.717, 1.165) is 5.71 Å². The Hall–Kier alpha value is -0.530. The average Bonchev–Trinajstić information content (AvgIpc) is 1.98. The molecule has 0 N–H and O–H groups in total. The molecule has 8 heavy (non-hydrogen) atoms. The van der Waals surface area contributed by atoms with Crippen LogP contribution in [0.25, 0.3) is 0 Å². The average molecular weight is 113 g/mol. The van der Waals surface area contributed by atoms with Gasteiger partial charge in [-0.05, 0) is 13.8 Å². The summed E-state index contributed by atoms with van der Waals surface area (Å²) in [7, 11) is 0. The van der Waals surface area contributed by atoms with Gasteiger partial charge in [-0.25, -0.2) is 0 Å². The highest BCUT2D eigenvalue weighted by molar-refractivity contribution is 5.84. The Morgan fingerprint density at radius 1 is 1.50 bits per heavy atom. The number of nitrogens with zero attached hydrogens (tertiary/aromatic N) is 1. The van der Waals surface area contributed by atoms with E-state index in [1.807, 2.05) is 13.8 Å². The zero-order valence-corrected chi connectivity index (χ0v) is 5.51. The molecule has 1 aliphatic rings. The van der Waals surface area contributed by atoms with Gasteiger partial charge in [-0.15, -0.1) is 0 Å².